The lowest BCUT2D eigenvalue weighted by Crippen LogP contribution is -2.28. The number of aromatic carboxylic acids is 1. The Morgan fingerprint density at radius 1 is 1.60 bits per heavy atom. The first-order valence-electron chi connectivity index (χ1n) is 6.31. The SMILES string of the molecule is CC1(CNc2c(C(=O)O)cccc2[N+](=O)[O-])CCCS1. The van der Waals surface area contributed by atoms with Gasteiger partial charge in [0.05, 0.1) is 10.5 Å². The van der Waals surface area contributed by atoms with E-state index in [9.17, 15) is 14.9 Å². The Kier molecular flexibility index (Phi) is 4.17. The van der Waals surface area contributed by atoms with Gasteiger partial charge < -0.3 is 10.4 Å². The van der Waals surface area contributed by atoms with Gasteiger partial charge in [0.2, 0.25) is 0 Å². The number of carboxylic acids is 1. The largest absolute Gasteiger partial charge is 0.478 e. The Balaban J connectivity index is 2.28. The van der Waals surface area contributed by atoms with Crippen molar-refractivity contribution in [1.29, 1.82) is 0 Å². The summed E-state index contributed by atoms with van der Waals surface area (Å²) in [6.07, 6.45) is 2.14. The maximum atomic E-state index is 11.2. The number of para-hydroxylation sites is 1. The summed E-state index contributed by atoms with van der Waals surface area (Å²) in [5.74, 6) is -0.0960. The monoisotopic (exact) mass is 296 g/mol. The number of anilines is 1. The first-order chi connectivity index (χ1) is 9.43. The van der Waals surface area contributed by atoms with Crippen LogP contribution in [0.2, 0.25) is 0 Å². The zero-order valence-electron chi connectivity index (χ0n) is 11.1. The standard InChI is InChI=1S/C13H16N2O4S/c1-13(6-3-7-20-13)8-14-11-9(12(16)17)4-2-5-10(11)15(18)19/h2,4-5,14H,3,6-8H2,1H3,(H,16,17). The van der Waals surface area contributed by atoms with Crippen LogP contribution in [-0.4, -0.2) is 33.0 Å². The summed E-state index contributed by atoms with van der Waals surface area (Å²) in [7, 11) is 0. The molecule has 1 aromatic carbocycles. The van der Waals surface area contributed by atoms with Gasteiger partial charge in [-0.05, 0) is 31.6 Å². The number of hydrogen-bond donors (Lipinski definition) is 2. The zero-order chi connectivity index (χ0) is 14.8. The Morgan fingerprint density at radius 2 is 2.35 bits per heavy atom. The van der Waals surface area contributed by atoms with Crippen molar-refractivity contribution in [3.8, 4) is 0 Å². The molecule has 2 rings (SSSR count). The molecule has 6 nitrogen and oxygen atoms in total. The molecule has 0 aromatic heterocycles. The van der Waals surface area contributed by atoms with Gasteiger partial charge in [0.25, 0.3) is 5.69 Å². The molecule has 1 atom stereocenters. The van der Waals surface area contributed by atoms with Crippen LogP contribution in [0.5, 0.6) is 0 Å². The molecule has 1 aromatic rings. The van der Waals surface area contributed by atoms with Gasteiger partial charge in [0.15, 0.2) is 0 Å². The fourth-order valence-electron chi connectivity index (χ4n) is 2.31. The Bertz CT molecular complexity index is 509. The predicted molar refractivity (Wildman–Crippen MR) is 78.6 cm³/mol. The topological polar surface area (TPSA) is 92.5 Å². The number of hydrogen-bond acceptors (Lipinski definition) is 5. The summed E-state index contributed by atoms with van der Waals surface area (Å²) in [6.45, 7) is 2.61. The predicted octanol–water partition coefficient (Wildman–Crippen LogP) is 2.99. The molecule has 1 saturated heterocycles. The molecule has 108 valence electrons. The van der Waals surface area contributed by atoms with Crippen molar-refractivity contribution in [2.75, 3.05) is 17.6 Å². The third-order valence-electron chi connectivity index (χ3n) is 3.41. The third kappa shape index (κ3) is 3.04. The van der Waals surface area contributed by atoms with Crippen LogP contribution in [0.3, 0.4) is 0 Å². The van der Waals surface area contributed by atoms with Crippen LogP contribution in [0.15, 0.2) is 18.2 Å². The van der Waals surface area contributed by atoms with E-state index in [2.05, 4.69) is 12.2 Å². The summed E-state index contributed by atoms with van der Waals surface area (Å²) >= 11 is 1.81. The lowest BCUT2D eigenvalue weighted by atomic mass is 10.0. The Hall–Kier alpha value is -1.76. The van der Waals surface area contributed by atoms with E-state index in [1.165, 1.54) is 18.2 Å². The van der Waals surface area contributed by atoms with Crippen molar-refractivity contribution in [3.05, 3.63) is 33.9 Å². The minimum absolute atomic E-state index is 0.000513. The van der Waals surface area contributed by atoms with Crippen LogP contribution in [0, 0.1) is 10.1 Å². The molecule has 0 spiro atoms. The molecular weight excluding hydrogens is 280 g/mol. The number of nitro benzene ring substituents is 1. The summed E-state index contributed by atoms with van der Waals surface area (Å²) in [5.41, 5.74) is -0.166. The Labute approximate surface area is 120 Å². The van der Waals surface area contributed by atoms with Gasteiger partial charge in [-0.25, -0.2) is 4.79 Å². The number of carbonyl (C=O) groups is 1. The highest BCUT2D eigenvalue weighted by atomic mass is 32.2. The van der Waals surface area contributed by atoms with E-state index in [1.807, 2.05) is 11.8 Å². The normalized spacial score (nSPS) is 21.6. The number of nitrogens with zero attached hydrogens (tertiary/aromatic N) is 1. The number of nitrogens with one attached hydrogen (secondary N) is 1. The smallest absolute Gasteiger partial charge is 0.338 e. The van der Waals surface area contributed by atoms with Crippen LogP contribution in [0.1, 0.15) is 30.1 Å². The van der Waals surface area contributed by atoms with E-state index in [4.69, 9.17) is 5.11 Å². The van der Waals surface area contributed by atoms with Crippen molar-refractivity contribution < 1.29 is 14.8 Å². The van der Waals surface area contributed by atoms with Crippen LogP contribution in [0.25, 0.3) is 0 Å². The molecule has 0 saturated carbocycles. The summed E-state index contributed by atoms with van der Waals surface area (Å²) in [5, 5.41) is 23.2. The van der Waals surface area contributed by atoms with Crippen molar-refractivity contribution in [2.45, 2.75) is 24.5 Å². The van der Waals surface area contributed by atoms with Gasteiger partial charge in [-0.2, -0.15) is 11.8 Å². The summed E-state index contributed by atoms with van der Waals surface area (Å²) in [6, 6.07) is 4.08. The molecule has 1 unspecified atom stereocenters. The van der Waals surface area contributed by atoms with Crippen molar-refractivity contribution in [2.24, 2.45) is 0 Å². The number of rotatable bonds is 5. The second-order valence-electron chi connectivity index (χ2n) is 5.02. The molecule has 2 N–H and O–H groups in total. The van der Waals surface area contributed by atoms with Crippen LogP contribution in [-0.2, 0) is 0 Å². The Morgan fingerprint density at radius 3 is 2.90 bits per heavy atom. The maximum Gasteiger partial charge on any atom is 0.338 e. The molecular formula is C13H16N2O4S. The lowest BCUT2D eigenvalue weighted by molar-refractivity contribution is -0.384. The minimum atomic E-state index is -1.17. The number of carboxylic acid groups (broad SMARTS) is 1. The van der Waals surface area contributed by atoms with Gasteiger partial charge in [-0.3, -0.25) is 10.1 Å². The fourth-order valence-corrected chi connectivity index (χ4v) is 3.55. The first-order valence-corrected chi connectivity index (χ1v) is 7.30. The molecule has 20 heavy (non-hydrogen) atoms. The summed E-state index contributed by atoms with van der Waals surface area (Å²) in [4.78, 5) is 21.7. The highest BCUT2D eigenvalue weighted by Gasteiger charge is 2.31. The number of benzene rings is 1. The van der Waals surface area contributed by atoms with E-state index in [0.717, 1.165) is 18.6 Å². The molecule has 0 radical (unpaired) electrons. The van der Waals surface area contributed by atoms with Gasteiger partial charge in [-0.1, -0.05) is 6.07 Å². The van der Waals surface area contributed by atoms with Gasteiger partial charge in [-0.15, -0.1) is 0 Å². The summed E-state index contributed by atoms with van der Waals surface area (Å²) < 4.78 is -0.000513. The average Bonchev–Trinajstić information content (AvgIpc) is 2.83. The van der Waals surface area contributed by atoms with Crippen molar-refractivity contribution >= 4 is 29.1 Å². The molecule has 7 heteroatoms. The van der Waals surface area contributed by atoms with E-state index in [0.29, 0.717) is 6.54 Å². The molecule has 1 aliphatic heterocycles. The third-order valence-corrected chi connectivity index (χ3v) is 4.95. The van der Waals surface area contributed by atoms with Crippen LogP contribution >= 0.6 is 11.8 Å². The van der Waals surface area contributed by atoms with Crippen molar-refractivity contribution in [3.63, 3.8) is 0 Å². The number of thioether (sulfide) groups is 1. The second-order valence-corrected chi connectivity index (χ2v) is 6.70. The molecule has 0 amide bonds. The lowest BCUT2D eigenvalue weighted by Gasteiger charge is -2.24. The van der Waals surface area contributed by atoms with E-state index in [-0.39, 0.29) is 21.7 Å². The minimum Gasteiger partial charge on any atom is -0.478 e. The second kappa shape index (κ2) is 5.70. The molecule has 0 bridgehead atoms. The van der Waals surface area contributed by atoms with Crippen LogP contribution in [0.4, 0.5) is 11.4 Å². The molecule has 1 fully saturated rings. The molecule has 1 heterocycles. The quantitative estimate of drug-likeness (QED) is 0.641. The highest BCUT2D eigenvalue weighted by molar-refractivity contribution is 8.00. The van der Waals surface area contributed by atoms with Crippen LogP contribution < -0.4 is 5.32 Å². The van der Waals surface area contributed by atoms with E-state index >= 15 is 0 Å². The highest BCUT2D eigenvalue weighted by Crippen LogP contribution is 2.38. The maximum absolute atomic E-state index is 11.2. The first kappa shape index (κ1) is 14.6. The van der Waals surface area contributed by atoms with E-state index in [1.54, 1.807) is 0 Å². The zero-order valence-corrected chi connectivity index (χ0v) is 11.9. The van der Waals surface area contributed by atoms with Gasteiger partial charge >= 0.3 is 5.97 Å². The van der Waals surface area contributed by atoms with Gasteiger partial charge in [0.1, 0.15) is 5.69 Å². The fraction of sp³-hybridized carbons (Fsp3) is 0.462. The molecule has 1 aliphatic rings. The molecule has 0 aliphatic carbocycles. The average molecular weight is 296 g/mol. The van der Waals surface area contributed by atoms with E-state index < -0.39 is 10.9 Å². The van der Waals surface area contributed by atoms with Crippen molar-refractivity contribution in [1.82, 2.24) is 0 Å². The van der Waals surface area contributed by atoms with Gasteiger partial charge in [0, 0.05) is 17.4 Å². The number of nitro groups is 1.